The average molecular weight is 480 g/mol. The Balaban J connectivity index is 1.79. The summed E-state index contributed by atoms with van der Waals surface area (Å²) in [6.07, 6.45) is 0. The molecule has 0 aliphatic carbocycles. The van der Waals surface area contributed by atoms with E-state index < -0.39 is 23.5 Å². The Morgan fingerprint density at radius 1 is 1.11 bits per heavy atom. The Hall–Kier alpha value is -3.78. The van der Waals surface area contributed by atoms with Crippen LogP contribution < -0.4 is 9.47 Å². The fraction of sp³-hybridized carbons (Fsp3) is 0.333. The van der Waals surface area contributed by atoms with E-state index in [2.05, 4.69) is 0 Å². The van der Waals surface area contributed by atoms with Gasteiger partial charge in [-0.1, -0.05) is 38.1 Å². The fourth-order valence-electron chi connectivity index (χ4n) is 4.11. The van der Waals surface area contributed by atoms with Gasteiger partial charge in [-0.3, -0.25) is 9.59 Å². The number of benzene rings is 2. The van der Waals surface area contributed by atoms with E-state index in [9.17, 15) is 14.7 Å². The first kappa shape index (κ1) is 24.3. The highest BCUT2D eigenvalue weighted by Gasteiger charge is 2.44. The molecule has 0 radical (unpaired) electrons. The molecule has 1 unspecified atom stereocenters. The molecule has 2 aromatic carbocycles. The second kappa shape index (κ2) is 10.2. The fourth-order valence-corrected chi connectivity index (χ4v) is 4.11. The van der Waals surface area contributed by atoms with Gasteiger partial charge in [-0.2, -0.15) is 0 Å². The third-order valence-corrected chi connectivity index (χ3v) is 5.81. The number of hydrogen-bond acceptors (Lipinski definition) is 7. The second-order valence-corrected chi connectivity index (χ2v) is 8.75. The number of aliphatic hydroxyl groups excluding tert-OH is 1. The third kappa shape index (κ3) is 4.74. The number of hydrogen-bond donors (Lipinski definition) is 1. The molecule has 8 nitrogen and oxygen atoms in total. The average Bonchev–Trinajstić information content (AvgIpc) is 3.40. The van der Waals surface area contributed by atoms with Crippen LogP contribution in [0.1, 0.15) is 36.0 Å². The molecular weight excluding hydrogens is 450 g/mol. The van der Waals surface area contributed by atoms with Crippen molar-refractivity contribution in [2.24, 2.45) is 5.92 Å². The standard InChI is InChI=1S/C27H29NO7/c1-16(2)15-34-21-14-18(9-10-20(21)33-4)24-23(26(30)27(31)28(24)11-12-32-3)25(29)22-13-17-7-5-6-8-19(17)35-22/h5-10,13-14,16,24,30H,11-12,15H2,1-4H3. The molecule has 2 heterocycles. The molecule has 1 amide bonds. The number of ether oxygens (including phenoxy) is 3. The molecule has 0 saturated heterocycles. The van der Waals surface area contributed by atoms with Gasteiger partial charge in [-0.15, -0.1) is 0 Å². The number of aliphatic hydroxyl groups is 1. The maximum absolute atomic E-state index is 13.6. The van der Waals surface area contributed by atoms with Crippen LogP contribution in [0.25, 0.3) is 11.0 Å². The minimum Gasteiger partial charge on any atom is -0.503 e. The Morgan fingerprint density at radius 2 is 1.89 bits per heavy atom. The zero-order valence-electron chi connectivity index (χ0n) is 20.2. The molecule has 0 saturated carbocycles. The number of ketones is 1. The van der Waals surface area contributed by atoms with E-state index >= 15 is 0 Å². The number of rotatable bonds is 10. The number of carbonyl (C=O) groups excluding carboxylic acids is 2. The number of methoxy groups -OCH3 is 2. The Kier molecular flexibility index (Phi) is 7.12. The lowest BCUT2D eigenvalue weighted by Gasteiger charge is -2.27. The van der Waals surface area contributed by atoms with Crippen LogP contribution in [0.3, 0.4) is 0 Å². The van der Waals surface area contributed by atoms with Crippen molar-refractivity contribution in [2.75, 3.05) is 34.0 Å². The number of para-hydroxylation sites is 1. The van der Waals surface area contributed by atoms with Crippen LogP contribution in [0, 0.1) is 5.92 Å². The highest BCUT2D eigenvalue weighted by molar-refractivity contribution is 6.16. The SMILES string of the molecule is COCCN1C(=O)C(O)=C(C(=O)c2cc3ccccc3o2)C1c1ccc(OC)c(OCC(C)C)c1. The molecule has 3 aromatic rings. The zero-order valence-corrected chi connectivity index (χ0v) is 20.2. The topological polar surface area (TPSA) is 98.4 Å². The smallest absolute Gasteiger partial charge is 0.290 e. The van der Waals surface area contributed by atoms with Crippen molar-refractivity contribution in [1.82, 2.24) is 4.90 Å². The summed E-state index contributed by atoms with van der Waals surface area (Å²) in [5.41, 5.74) is 1.09. The summed E-state index contributed by atoms with van der Waals surface area (Å²) in [5.74, 6) is -0.463. The summed E-state index contributed by atoms with van der Waals surface area (Å²) in [5, 5.41) is 11.6. The van der Waals surface area contributed by atoms with Gasteiger partial charge in [0.1, 0.15) is 5.58 Å². The number of amides is 1. The van der Waals surface area contributed by atoms with Crippen LogP contribution >= 0.6 is 0 Å². The number of furan rings is 1. The summed E-state index contributed by atoms with van der Waals surface area (Å²) in [6.45, 7) is 4.93. The van der Waals surface area contributed by atoms with Crippen molar-refractivity contribution >= 4 is 22.7 Å². The summed E-state index contributed by atoms with van der Waals surface area (Å²) < 4.78 is 22.3. The number of carbonyl (C=O) groups is 2. The van der Waals surface area contributed by atoms with Gasteiger partial charge in [0.15, 0.2) is 23.0 Å². The molecular formula is C27H29NO7. The molecule has 0 bridgehead atoms. The van der Waals surface area contributed by atoms with Gasteiger partial charge in [-0.25, -0.2) is 0 Å². The van der Waals surface area contributed by atoms with Gasteiger partial charge in [-0.05, 0) is 35.7 Å². The van der Waals surface area contributed by atoms with Crippen molar-refractivity contribution in [3.8, 4) is 11.5 Å². The summed E-state index contributed by atoms with van der Waals surface area (Å²) in [6, 6.07) is 13.2. The summed E-state index contributed by atoms with van der Waals surface area (Å²) >= 11 is 0. The molecule has 1 aliphatic rings. The van der Waals surface area contributed by atoms with Gasteiger partial charge in [0.25, 0.3) is 5.91 Å². The van der Waals surface area contributed by atoms with Crippen LogP contribution in [-0.4, -0.2) is 55.7 Å². The van der Waals surface area contributed by atoms with Crippen LogP contribution in [0.5, 0.6) is 11.5 Å². The van der Waals surface area contributed by atoms with Crippen molar-refractivity contribution in [3.05, 3.63) is 71.2 Å². The first-order valence-corrected chi connectivity index (χ1v) is 11.4. The van der Waals surface area contributed by atoms with E-state index in [1.807, 2.05) is 26.0 Å². The predicted molar refractivity (Wildman–Crippen MR) is 130 cm³/mol. The van der Waals surface area contributed by atoms with Crippen molar-refractivity contribution < 1.29 is 33.3 Å². The largest absolute Gasteiger partial charge is 0.503 e. The first-order valence-electron chi connectivity index (χ1n) is 11.4. The Morgan fingerprint density at radius 3 is 2.57 bits per heavy atom. The van der Waals surface area contributed by atoms with E-state index in [0.717, 1.165) is 5.39 Å². The maximum atomic E-state index is 13.6. The van der Waals surface area contributed by atoms with Gasteiger partial charge >= 0.3 is 0 Å². The predicted octanol–water partition coefficient (Wildman–Crippen LogP) is 4.70. The molecule has 8 heteroatoms. The Labute approximate surface area is 203 Å². The number of Topliss-reactive ketones (excluding diaryl/α,β-unsaturated/α-hetero) is 1. The summed E-state index contributed by atoms with van der Waals surface area (Å²) in [4.78, 5) is 28.1. The molecule has 4 rings (SSSR count). The molecule has 1 N–H and O–H groups in total. The quantitative estimate of drug-likeness (QED) is 0.421. The highest BCUT2D eigenvalue weighted by atomic mass is 16.5. The van der Waals surface area contributed by atoms with E-state index in [0.29, 0.717) is 29.3 Å². The molecule has 184 valence electrons. The maximum Gasteiger partial charge on any atom is 0.290 e. The normalized spacial score (nSPS) is 16.0. The molecule has 1 atom stereocenters. The van der Waals surface area contributed by atoms with Gasteiger partial charge in [0.2, 0.25) is 5.78 Å². The van der Waals surface area contributed by atoms with Crippen LogP contribution in [0.2, 0.25) is 0 Å². The van der Waals surface area contributed by atoms with Crippen LogP contribution in [-0.2, 0) is 9.53 Å². The molecule has 0 spiro atoms. The monoisotopic (exact) mass is 479 g/mol. The molecule has 0 fully saturated rings. The van der Waals surface area contributed by atoms with Crippen molar-refractivity contribution in [3.63, 3.8) is 0 Å². The Bertz CT molecular complexity index is 1240. The third-order valence-electron chi connectivity index (χ3n) is 5.81. The van der Waals surface area contributed by atoms with E-state index in [1.54, 1.807) is 43.5 Å². The van der Waals surface area contributed by atoms with Crippen LogP contribution in [0.15, 0.2) is 64.3 Å². The summed E-state index contributed by atoms with van der Waals surface area (Å²) in [7, 11) is 3.07. The number of nitrogens with zero attached hydrogens (tertiary/aromatic N) is 1. The van der Waals surface area contributed by atoms with Crippen LogP contribution in [0.4, 0.5) is 0 Å². The minimum atomic E-state index is -0.856. The zero-order chi connectivity index (χ0) is 25.1. The molecule has 1 aromatic heterocycles. The lowest BCUT2D eigenvalue weighted by atomic mass is 9.94. The van der Waals surface area contributed by atoms with Gasteiger partial charge in [0.05, 0.1) is 31.9 Å². The van der Waals surface area contributed by atoms with E-state index in [4.69, 9.17) is 18.6 Å². The molecule has 1 aliphatic heterocycles. The van der Waals surface area contributed by atoms with Gasteiger partial charge < -0.3 is 28.6 Å². The van der Waals surface area contributed by atoms with E-state index in [1.165, 1.54) is 12.0 Å². The first-order chi connectivity index (χ1) is 16.8. The second-order valence-electron chi connectivity index (χ2n) is 8.75. The van der Waals surface area contributed by atoms with E-state index in [-0.39, 0.29) is 30.4 Å². The van der Waals surface area contributed by atoms with Gasteiger partial charge in [0, 0.05) is 19.0 Å². The molecule has 35 heavy (non-hydrogen) atoms. The minimum absolute atomic E-state index is 0.0453. The lowest BCUT2D eigenvalue weighted by molar-refractivity contribution is -0.130. The van der Waals surface area contributed by atoms with Crippen molar-refractivity contribution in [2.45, 2.75) is 19.9 Å². The lowest BCUT2D eigenvalue weighted by Crippen LogP contribution is -2.34. The number of fused-ring (bicyclic) bond motifs is 1. The van der Waals surface area contributed by atoms with Crippen molar-refractivity contribution in [1.29, 1.82) is 0 Å². The highest BCUT2D eigenvalue weighted by Crippen LogP contribution is 2.42.